The molecule has 3 aliphatic rings. The van der Waals surface area contributed by atoms with Crippen molar-refractivity contribution in [2.24, 2.45) is 16.2 Å². The lowest BCUT2D eigenvalue weighted by molar-refractivity contribution is -0.164. The maximum atomic E-state index is 14.1. The van der Waals surface area contributed by atoms with E-state index in [0.717, 1.165) is 53.6 Å². The Balaban J connectivity index is 0.831. The van der Waals surface area contributed by atoms with Crippen molar-refractivity contribution in [2.45, 2.75) is 105 Å². The maximum absolute atomic E-state index is 14.1. The smallest absolute Gasteiger partial charge is 0.251 e. The SMILES string of the molecule is Cc1ncsc1-c1ccc([C@H](C)NC(=O)[C@@H]2C[C@@H](O)CN2C(=O)C(NC(=O)COCCN2CCN(c3ccc(C(=O)NC4C(C)(C)C(Oc5ccc(C#N)c(Cl)c5)C4(C)C)cc3)CC2)C(C)(C)C)cc1. The number of aryl methyl sites for hydroxylation is 1. The molecule has 374 valence electrons. The number of carbonyl (C=O) groups excluding carboxylic acids is 4. The van der Waals surface area contributed by atoms with E-state index < -0.39 is 35.4 Å². The number of aliphatic hydroxyl groups is 1. The fourth-order valence-electron chi connectivity index (χ4n) is 10.4. The molecule has 4 aromatic rings. The second-order valence-electron chi connectivity index (χ2n) is 21.1. The molecule has 1 saturated carbocycles. The molecule has 4 N–H and O–H groups in total. The first-order valence-corrected chi connectivity index (χ1v) is 25.2. The van der Waals surface area contributed by atoms with Crippen molar-refractivity contribution < 1.29 is 33.8 Å². The fourth-order valence-corrected chi connectivity index (χ4v) is 11.5. The zero-order valence-electron chi connectivity index (χ0n) is 41.7. The third kappa shape index (κ3) is 11.6. The molecule has 7 rings (SSSR count). The summed E-state index contributed by atoms with van der Waals surface area (Å²) in [5, 5.41) is 29.4. The van der Waals surface area contributed by atoms with Gasteiger partial charge in [0, 0.05) is 79.9 Å². The van der Waals surface area contributed by atoms with E-state index in [1.807, 2.05) is 88.7 Å². The molecular weight excluding hydrogens is 928 g/mol. The first kappa shape index (κ1) is 52.3. The van der Waals surface area contributed by atoms with Crippen LogP contribution in [0.1, 0.15) is 95.0 Å². The minimum absolute atomic E-state index is 0.0151. The van der Waals surface area contributed by atoms with Gasteiger partial charge in [-0.25, -0.2) is 4.98 Å². The van der Waals surface area contributed by atoms with E-state index in [9.17, 15) is 29.5 Å². The number of rotatable bonds is 16. The summed E-state index contributed by atoms with van der Waals surface area (Å²) in [5.41, 5.74) is 5.26. The molecule has 17 heteroatoms. The molecule has 1 unspecified atom stereocenters. The second kappa shape index (κ2) is 21.4. The lowest BCUT2D eigenvalue weighted by Crippen LogP contribution is -2.74. The average Bonchev–Trinajstić information content (AvgIpc) is 3.95. The van der Waals surface area contributed by atoms with Gasteiger partial charge in [0.05, 0.1) is 45.4 Å². The Morgan fingerprint density at radius 1 is 0.971 bits per heavy atom. The maximum Gasteiger partial charge on any atom is 0.251 e. The van der Waals surface area contributed by atoms with Crippen molar-refractivity contribution in [3.8, 4) is 22.3 Å². The quantitative estimate of drug-likeness (QED) is 0.0869. The number of nitrogens with zero attached hydrogens (tertiary/aromatic N) is 5. The van der Waals surface area contributed by atoms with Gasteiger partial charge in [-0.15, -0.1) is 11.3 Å². The second-order valence-corrected chi connectivity index (χ2v) is 22.4. The van der Waals surface area contributed by atoms with Gasteiger partial charge in [0.1, 0.15) is 36.6 Å². The van der Waals surface area contributed by atoms with Crippen LogP contribution in [0.25, 0.3) is 10.4 Å². The number of amides is 4. The number of ether oxygens (including phenoxy) is 2. The molecular formula is C53H67ClN8O7S. The first-order chi connectivity index (χ1) is 33.1. The minimum Gasteiger partial charge on any atom is -0.489 e. The number of nitriles is 1. The van der Waals surface area contributed by atoms with Gasteiger partial charge in [-0.2, -0.15) is 5.26 Å². The predicted molar refractivity (Wildman–Crippen MR) is 272 cm³/mol. The van der Waals surface area contributed by atoms with Crippen LogP contribution in [0.15, 0.2) is 72.2 Å². The van der Waals surface area contributed by atoms with Gasteiger partial charge in [0.15, 0.2) is 0 Å². The van der Waals surface area contributed by atoms with Gasteiger partial charge < -0.3 is 40.3 Å². The van der Waals surface area contributed by atoms with Gasteiger partial charge in [0.25, 0.3) is 5.91 Å². The number of aromatic nitrogens is 1. The number of halogens is 1. The third-order valence-corrected chi connectivity index (χ3v) is 15.4. The van der Waals surface area contributed by atoms with Crippen LogP contribution in [0.2, 0.25) is 5.02 Å². The number of hydrogen-bond acceptors (Lipinski definition) is 12. The van der Waals surface area contributed by atoms with E-state index in [4.69, 9.17) is 21.1 Å². The van der Waals surface area contributed by atoms with Crippen LogP contribution in [0, 0.1) is 34.5 Å². The molecule has 0 radical (unpaired) electrons. The zero-order valence-corrected chi connectivity index (χ0v) is 43.2. The monoisotopic (exact) mass is 994 g/mol. The Morgan fingerprint density at radius 2 is 1.64 bits per heavy atom. The number of likely N-dealkylation sites (tertiary alicyclic amines) is 1. The van der Waals surface area contributed by atoms with Gasteiger partial charge in [-0.3, -0.25) is 24.1 Å². The lowest BCUT2D eigenvalue weighted by atomic mass is 9.49. The van der Waals surface area contributed by atoms with E-state index in [1.165, 1.54) is 4.90 Å². The Kier molecular flexibility index (Phi) is 16.0. The Hall–Kier alpha value is -5.57. The number of thiazole rings is 1. The number of piperazine rings is 1. The molecule has 70 heavy (non-hydrogen) atoms. The standard InChI is InChI=1S/C53H67ClN8O7S/c1-32(34-10-12-35(13-11-34)44-33(2)56-31-70-44)57-47(66)42-26-39(63)29-62(42)48(67)45(51(3,4)5)58-43(64)30-68-25-24-60-20-22-61(23-21-60)38-17-14-36(15-18-38)46(65)59-49-52(6,7)50(53(49,8)9)69-40-19-16-37(28-55)41(54)27-40/h10-19,27,31-32,39,42,45,49-50,63H,20-26,29-30H2,1-9H3,(H,57,66)(H,58,64)(H,59,65)/t32-,39+,42-,45?,49?,50?/m0/s1. The normalized spacial score (nSPS) is 21.7. The van der Waals surface area contributed by atoms with Crippen LogP contribution in [0.4, 0.5) is 5.69 Å². The number of hydrogen-bond donors (Lipinski definition) is 4. The summed E-state index contributed by atoms with van der Waals surface area (Å²) in [5.74, 6) is -0.804. The van der Waals surface area contributed by atoms with Crippen molar-refractivity contribution in [3.05, 3.63) is 99.6 Å². The lowest BCUT2D eigenvalue weighted by Gasteiger charge is -2.63. The van der Waals surface area contributed by atoms with E-state index in [-0.39, 0.29) is 60.4 Å². The first-order valence-electron chi connectivity index (χ1n) is 24.0. The number of β-amino-alcohol motifs (C(OH)–C–C–N with tert-alkyl or cyclic N) is 1. The van der Waals surface area contributed by atoms with Crippen LogP contribution in [0.3, 0.4) is 0 Å². The molecule has 4 atom stereocenters. The van der Waals surface area contributed by atoms with Crippen LogP contribution in [-0.2, 0) is 19.1 Å². The molecule has 2 saturated heterocycles. The summed E-state index contributed by atoms with van der Waals surface area (Å²) < 4.78 is 12.2. The van der Waals surface area contributed by atoms with Crippen LogP contribution in [-0.4, -0.2) is 126 Å². The number of carbonyl (C=O) groups is 4. The summed E-state index contributed by atoms with van der Waals surface area (Å²) in [4.78, 5) is 66.0. The van der Waals surface area contributed by atoms with Crippen molar-refractivity contribution in [2.75, 3.05) is 57.4 Å². The van der Waals surface area contributed by atoms with Gasteiger partial charge in [0.2, 0.25) is 17.7 Å². The van der Waals surface area contributed by atoms with E-state index >= 15 is 0 Å². The number of anilines is 1. The highest BCUT2D eigenvalue weighted by Crippen LogP contribution is 2.55. The van der Waals surface area contributed by atoms with Crippen molar-refractivity contribution in [1.82, 2.24) is 30.7 Å². The molecule has 0 spiro atoms. The molecule has 1 aromatic heterocycles. The highest BCUT2D eigenvalue weighted by Gasteiger charge is 2.64. The Bertz CT molecular complexity index is 2550. The molecule has 1 aliphatic carbocycles. The third-order valence-electron chi connectivity index (χ3n) is 14.1. The predicted octanol–water partition coefficient (Wildman–Crippen LogP) is 6.76. The Labute approximate surface area is 420 Å². The van der Waals surface area contributed by atoms with E-state index in [1.54, 1.807) is 29.5 Å². The summed E-state index contributed by atoms with van der Waals surface area (Å²) >= 11 is 7.83. The highest BCUT2D eigenvalue weighted by atomic mass is 35.5. The molecule has 0 bridgehead atoms. The molecule has 15 nitrogen and oxygen atoms in total. The number of aliphatic hydroxyl groups excluding tert-OH is 1. The van der Waals surface area contributed by atoms with Crippen LogP contribution >= 0.6 is 22.9 Å². The average molecular weight is 996 g/mol. The molecule has 3 heterocycles. The molecule has 3 fully saturated rings. The largest absolute Gasteiger partial charge is 0.489 e. The van der Waals surface area contributed by atoms with Crippen molar-refractivity contribution in [3.63, 3.8) is 0 Å². The summed E-state index contributed by atoms with van der Waals surface area (Å²) in [6, 6.07) is 20.4. The van der Waals surface area contributed by atoms with Crippen LogP contribution < -0.4 is 25.6 Å². The van der Waals surface area contributed by atoms with Gasteiger partial charge in [-0.1, -0.05) is 84.3 Å². The van der Waals surface area contributed by atoms with E-state index in [2.05, 4.69) is 64.5 Å². The number of benzene rings is 3. The molecule has 3 aromatic carbocycles. The Morgan fingerprint density at radius 3 is 2.24 bits per heavy atom. The summed E-state index contributed by atoms with van der Waals surface area (Å²) in [6.45, 7) is 21.6. The summed E-state index contributed by atoms with van der Waals surface area (Å²) in [6.07, 6.45) is -0.987. The minimum atomic E-state index is -0.960. The van der Waals surface area contributed by atoms with Gasteiger partial charge in [-0.05, 0) is 66.8 Å². The van der Waals surface area contributed by atoms with Crippen molar-refractivity contribution >= 4 is 52.3 Å². The fraction of sp³-hybridized carbons (Fsp3) is 0.509. The van der Waals surface area contributed by atoms with Gasteiger partial charge >= 0.3 is 0 Å². The molecule has 2 aliphatic heterocycles. The molecule has 4 amide bonds. The number of nitrogens with one attached hydrogen (secondary N) is 3. The van der Waals surface area contributed by atoms with Crippen molar-refractivity contribution in [1.29, 1.82) is 5.26 Å². The van der Waals surface area contributed by atoms with Crippen LogP contribution in [0.5, 0.6) is 5.75 Å². The zero-order chi connectivity index (χ0) is 50.7. The van der Waals surface area contributed by atoms with E-state index in [0.29, 0.717) is 35.1 Å². The summed E-state index contributed by atoms with van der Waals surface area (Å²) in [7, 11) is 0. The topological polar surface area (TPSA) is 189 Å². The highest BCUT2D eigenvalue weighted by molar-refractivity contribution is 7.13.